The standard InChI is InChI=1S/C26H27NO4/c1-15(12-24(29)27-19-9-7-8-18(13-19)17(3)28)21-14-22-20-10-5-6-11-23(20)31-26(22)16(2)25(21)30-4/h7-9,12-14H,5-6,10-11H2,1-4H3,(H,27,29)/b15-12+. The molecule has 1 heterocycles. The smallest absolute Gasteiger partial charge is 0.248 e. The lowest BCUT2D eigenvalue weighted by Crippen LogP contribution is -2.09. The van der Waals surface area contributed by atoms with E-state index >= 15 is 0 Å². The number of nitrogens with one attached hydrogen (secondary N) is 1. The minimum atomic E-state index is -0.257. The Hall–Kier alpha value is -3.34. The largest absolute Gasteiger partial charge is 0.496 e. The lowest BCUT2D eigenvalue weighted by molar-refractivity contribution is -0.111. The van der Waals surface area contributed by atoms with Crippen molar-refractivity contribution in [1.29, 1.82) is 0 Å². The van der Waals surface area contributed by atoms with Crippen molar-refractivity contribution >= 4 is 33.9 Å². The number of fused-ring (bicyclic) bond motifs is 3. The summed E-state index contributed by atoms with van der Waals surface area (Å²) in [6, 6.07) is 9.02. The third-order valence-corrected chi connectivity index (χ3v) is 5.94. The van der Waals surface area contributed by atoms with Crippen molar-refractivity contribution in [3.63, 3.8) is 0 Å². The number of ether oxygens (including phenoxy) is 1. The van der Waals surface area contributed by atoms with Gasteiger partial charge in [0.15, 0.2) is 5.78 Å². The molecule has 1 aliphatic carbocycles. The minimum absolute atomic E-state index is 0.0419. The zero-order valence-electron chi connectivity index (χ0n) is 18.4. The van der Waals surface area contributed by atoms with Gasteiger partial charge in [0.2, 0.25) is 5.91 Å². The summed E-state index contributed by atoms with van der Waals surface area (Å²) < 4.78 is 11.9. The van der Waals surface area contributed by atoms with Crippen LogP contribution in [0.25, 0.3) is 16.5 Å². The molecule has 0 atom stereocenters. The summed E-state index contributed by atoms with van der Waals surface area (Å²) in [7, 11) is 1.64. The molecule has 31 heavy (non-hydrogen) atoms. The zero-order chi connectivity index (χ0) is 22.1. The summed E-state index contributed by atoms with van der Waals surface area (Å²) in [6.45, 7) is 5.41. The number of amides is 1. The molecule has 2 aromatic carbocycles. The Balaban J connectivity index is 1.70. The lowest BCUT2D eigenvalue weighted by atomic mass is 9.93. The monoisotopic (exact) mass is 417 g/mol. The van der Waals surface area contributed by atoms with E-state index in [9.17, 15) is 9.59 Å². The van der Waals surface area contributed by atoms with Crippen LogP contribution in [0.1, 0.15) is 59.5 Å². The van der Waals surface area contributed by atoms with E-state index in [4.69, 9.17) is 9.15 Å². The fraction of sp³-hybridized carbons (Fsp3) is 0.308. The molecular weight excluding hydrogens is 390 g/mol. The number of allylic oxidation sites excluding steroid dienone is 1. The summed E-state index contributed by atoms with van der Waals surface area (Å²) in [6.07, 6.45) is 5.87. The average molecular weight is 418 g/mol. The van der Waals surface area contributed by atoms with Crippen molar-refractivity contribution in [2.45, 2.75) is 46.5 Å². The van der Waals surface area contributed by atoms with Crippen LogP contribution in [-0.4, -0.2) is 18.8 Å². The molecule has 0 saturated carbocycles. The number of carbonyl (C=O) groups excluding carboxylic acids is 2. The number of carbonyl (C=O) groups is 2. The van der Waals surface area contributed by atoms with Gasteiger partial charge >= 0.3 is 0 Å². The van der Waals surface area contributed by atoms with Crippen LogP contribution in [0, 0.1) is 6.92 Å². The van der Waals surface area contributed by atoms with Gasteiger partial charge in [-0.1, -0.05) is 12.1 Å². The SMILES string of the molecule is COc1c(/C(C)=C/C(=O)Nc2cccc(C(C)=O)c2)cc2c3c(oc2c1C)CCCC3. The van der Waals surface area contributed by atoms with Crippen LogP contribution in [-0.2, 0) is 17.6 Å². The van der Waals surface area contributed by atoms with Crippen LogP contribution in [0.2, 0.25) is 0 Å². The minimum Gasteiger partial charge on any atom is -0.496 e. The number of furan rings is 1. The Kier molecular flexibility index (Phi) is 5.68. The predicted octanol–water partition coefficient (Wildman–Crippen LogP) is 5.87. The quantitative estimate of drug-likeness (QED) is 0.416. The molecule has 0 spiro atoms. The van der Waals surface area contributed by atoms with Crippen LogP contribution in [0.5, 0.6) is 5.75 Å². The topological polar surface area (TPSA) is 68.5 Å². The van der Waals surface area contributed by atoms with Crippen molar-refractivity contribution in [3.05, 3.63) is 64.4 Å². The van der Waals surface area contributed by atoms with Crippen molar-refractivity contribution in [2.75, 3.05) is 12.4 Å². The van der Waals surface area contributed by atoms with E-state index in [1.54, 1.807) is 37.5 Å². The number of methoxy groups -OCH3 is 1. The highest BCUT2D eigenvalue weighted by atomic mass is 16.5. The van der Waals surface area contributed by atoms with Gasteiger partial charge in [0.1, 0.15) is 17.1 Å². The summed E-state index contributed by atoms with van der Waals surface area (Å²) in [5.74, 6) is 1.50. The van der Waals surface area contributed by atoms with E-state index < -0.39 is 0 Å². The number of hydrogen-bond acceptors (Lipinski definition) is 4. The molecule has 0 unspecified atom stereocenters. The first-order chi connectivity index (χ1) is 14.9. The molecule has 1 aliphatic rings. The van der Waals surface area contributed by atoms with E-state index in [0.717, 1.165) is 58.4 Å². The van der Waals surface area contributed by atoms with Crippen LogP contribution in [0.4, 0.5) is 5.69 Å². The Morgan fingerprint density at radius 1 is 1.13 bits per heavy atom. The highest BCUT2D eigenvalue weighted by Crippen LogP contribution is 2.41. The maximum absolute atomic E-state index is 12.7. The van der Waals surface area contributed by atoms with Crippen LogP contribution in [0.3, 0.4) is 0 Å². The van der Waals surface area contributed by atoms with Gasteiger partial charge in [-0.25, -0.2) is 0 Å². The van der Waals surface area contributed by atoms with Gasteiger partial charge < -0.3 is 14.5 Å². The number of aryl methyl sites for hydroxylation is 3. The molecule has 5 nitrogen and oxygen atoms in total. The summed E-state index contributed by atoms with van der Waals surface area (Å²) in [5.41, 5.74) is 5.95. The number of hydrogen-bond donors (Lipinski definition) is 1. The van der Waals surface area contributed by atoms with Crippen LogP contribution in [0.15, 0.2) is 40.8 Å². The molecule has 4 rings (SSSR count). The molecule has 0 saturated heterocycles. The van der Waals surface area contributed by atoms with Gasteiger partial charge in [-0.2, -0.15) is 0 Å². The van der Waals surface area contributed by atoms with E-state index in [0.29, 0.717) is 11.3 Å². The van der Waals surface area contributed by atoms with Gasteiger partial charge in [0.05, 0.1) is 7.11 Å². The molecular formula is C26H27NO4. The zero-order valence-corrected chi connectivity index (χ0v) is 18.4. The number of rotatable bonds is 5. The molecule has 0 bridgehead atoms. The number of anilines is 1. The third-order valence-electron chi connectivity index (χ3n) is 5.94. The summed E-state index contributed by atoms with van der Waals surface area (Å²) in [5, 5.41) is 3.96. The van der Waals surface area contributed by atoms with Crippen molar-refractivity contribution < 1.29 is 18.7 Å². The molecule has 0 fully saturated rings. The van der Waals surface area contributed by atoms with Crippen LogP contribution >= 0.6 is 0 Å². The Labute approximate surface area is 182 Å². The fourth-order valence-electron chi connectivity index (χ4n) is 4.36. The summed E-state index contributed by atoms with van der Waals surface area (Å²) in [4.78, 5) is 24.3. The average Bonchev–Trinajstić information content (AvgIpc) is 3.13. The first kappa shape index (κ1) is 20.9. The van der Waals surface area contributed by atoms with Gasteiger partial charge in [0.25, 0.3) is 0 Å². The van der Waals surface area contributed by atoms with E-state index in [2.05, 4.69) is 11.4 Å². The predicted molar refractivity (Wildman–Crippen MR) is 123 cm³/mol. The molecule has 5 heteroatoms. The van der Waals surface area contributed by atoms with Crippen molar-refractivity contribution in [1.82, 2.24) is 0 Å². The highest BCUT2D eigenvalue weighted by Gasteiger charge is 2.23. The highest BCUT2D eigenvalue weighted by molar-refractivity contribution is 6.05. The first-order valence-corrected chi connectivity index (χ1v) is 10.6. The van der Waals surface area contributed by atoms with Gasteiger partial charge in [-0.3, -0.25) is 9.59 Å². The van der Waals surface area contributed by atoms with Gasteiger partial charge in [-0.15, -0.1) is 0 Å². The van der Waals surface area contributed by atoms with Crippen molar-refractivity contribution in [2.24, 2.45) is 0 Å². The first-order valence-electron chi connectivity index (χ1n) is 10.6. The van der Waals surface area contributed by atoms with E-state index in [1.165, 1.54) is 18.9 Å². The maximum atomic E-state index is 12.7. The molecule has 160 valence electrons. The Bertz CT molecular complexity index is 1220. The van der Waals surface area contributed by atoms with Crippen LogP contribution < -0.4 is 10.1 Å². The molecule has 1 aromatic heterocycles. The number of Topliss-reactive ketones (excluding diaryl/α,β-unsaturated/α-hetero) is 1. The third kappa shape index (κ3) is 4.00. The second-order valence-electron chi connectivity index (χ2n) is 8.12. The van der Waals surface area contributed by atoms with E-state index in [-0.39, 0.29) is 11.7 Å². The fourth-order valence-corrected chi connectivity index (χ4v) is 4.36. The van der Waals surface area contributed by atoms with Gasteiger partial charge in [-0.05, 0) is 63.8 Å². The second kappa shape index (κ2) is 8.42. The molecule has 0 radical (unpaired) electrons. The second-order valence-corrected chi connectivity index (χ2v) is 8.12. The van der Waals surface area contributed by atoms with Crippen molar-refractivity contribution in [3.8, 4) is 5.75 Å². The molecule has 0 aliphatic heterocycles. The summed E-state index contributed by atoms with van der Waals surface area (Å²) >= 11 is 0. The Morgan fingerprint density at radius 3 is 2.65 bits per heavy atom. The number of ketones is 1. The maximum Gasteiger partial charge on any atom is 0.248 e. The molecule has 1 amide bonds. The molecule has 1 N–H and O–H groups in total. The van der Waals surface area contributed by atoms with Gasteiger partial charge in [0, 0.05) is 45.8 Å². The normalized spacial score (nSPS) is 13.7. The lowest BCUT2D eigenvalue weighted by Gasteiger charge is -2.13. The van der Waals surface area contributed by atoms with E-state index in [1.807, 2.05) is 13.8 Å². The molecule has 3 aromatic rings. The number of benzene rings is 2. The Morgan fingerprint density at radius 2 is 1.90 bits per heavy atom.